The SMILES string of the molecule is CC(C)(C)OC(=O)N1CCN(c2nc(O)c(C(=Cc3ccc(C(C)(C)O)cc3C(F)(F)F)c3ccc4[nH]ncc4c3)s2)C[C@@H]1CO. The van der Waals surface area contributed by atoms with E-state index in [0.717, 1.165) is 22.9 Å². The molecule has 4 N–H and O–H groups in total. The summed E-state index contributed by atoms with van der Waals surface area (Å²) in [6.45, 7) is 8.48. The van der Waals surface area contributed by atoms with Gasteiger partial charge >= 0.3 is 12.3 Å². The van der Waals surface area contributed by atoms with Crippen LogP contribution in [0, 0.1) is 0 Å². The number of halogens is 3. The minimum atomic E-state index is -4.74. The molecule has 1 saturated heterocycles. The number of hydrogen-bond acceptors (Lipinski definition) is 9. The monoisotopic (exact) mass is 659 g/mol. The Morgan fingerprint density at radius 2 is 1.87 bits per heavy atom. The Morgan fingerprint density at radius 1 is 1.13 bits per heavy atom. The fourth-order valence-corrected chi connectivity index (χ4v) is 6.25. The highest BCUT2D eigenvalue weighted by molar-refractivity contribution is 7.17. The summed E-state index contributed by atoms with van der Waals surface area (Å²) in [5.74, 6) is -0.379. The van der Waals surface area contributed by atoms with Crippen molar-refractivity contribution < 1.29 is 38.0 Å². The predicted octanol–water partition coefficient (Wildman–Crippen LogP) is 5.98. The number of anilines is 1. The number of benzene rings is 2. The Balaban J connectivity index is 1.57. The molecule has 0 radical (unpaired) electrons. The largest absolute Gasteiger partial charge is 0.492 e. The highest BCUT2D eigenvalue weighted by atomic mass is 32.1. The number of aliphatic hydroxyl groups excluding tert-OH is 1. The second kappa shape index (κ2) is 12.2. The molecule has 1 fully saturated rings. The molecular weight excluding hydrogens is 623 g/mol. The number of piperazine rings is 1. The maximum atomic E-state index is 14.4. The summed E-state index contributed by atoms with van der Waals surface area (Å²) >= 11 is 1.08. The smallest absolute Gasteiger partial charge is 0.416 e. The van der Waals surface area contributed by atoms with Crippen LogP contribution in [-0.4, -0.2) is 79.4 Å². The number of H-pyrrole nitrogens is 1. The maximum Gasteiger partial charge on any atom is 0.416 e. The zero-order valence-corrected chi connectivity index (χ0v) is 26.8. The van der Waals surface area contributed by atoms with Gasteiger partial charge in [0.15, 0.2) is 5.13 Å². The molecule has 1 aliphatic heterocycles. The Kier molecular flexibility index (Phi) is 8.83. The van der Waals surface area contributed by atoms with E-state index in [0.29, 0.717) is 22.6 Å². The van der Waals surface area contributed by atoms with Crippen LogP contribution >= 0.6 is 11.3 Å². The molecule has 46 heavy (non-hydrogen) atoms. The lowest BCUT2D eigenvalue weighted by atomic mass is 9.92. The first kappa shape index (κ1) is 33.2. The molecule has 0 saturated carbocycles. The number of aromatic nitrogens is 3. The number of ether oxygens (including phenoxy) is 1. The highest BCUT2D eigenvalue weighted by Gasteiger charge is 2.36. The Morgan fingerprint density at radius 3 is 2.52 bits per heavy atom. The molecule has 4 aromatic rings. The second-order valence-corrected chi connectivity index (χ2v) is 13.7. The molecule has 0 unspecified atom stereocenters. The van der Waals surface area contributed by atoms with Crippen molar-refractivity contribution in [2.24, 2.45) is 0 Å². The summed E-state index contributed by atoms with van der Waals surface area (Å²) in [6, 6.07) is 8.27. The molecule has 3 heterocycles. The summed E-state index contributed by atoms with van der Waals surface area (Å²) in [5.41, 5.74) is -1.69. The van der Waals surface area contributed by atoms with Gasteiger partial charge < -0.3 is 25.0 Å². The van der Waals surface area contributed by atoms with Gasteiger partial charge in [-0.15, -0.1) is 0 Å². The molecule has 1 amide bonds. The number of amides is 1. The van der Waals surface area contributed by atoms with E-state index in [1.165, 1.54) is 37.0 Å². The van der Waals surface area contributed by atoms with E-state index in [1.54, 1.807) is 45.2 Å². The zero-order valence-electron chi connectivity index (χ0n) is 26.0. The lowest BCUT2D eigenvalue weighted by molar-refractivity contribution is -0.137. The minimum Gasteiger partial charge on any atom is -0.492 e. The van der Waals surface area contributed by atoms with Crippen molar-refractivity contribution >= 4 is 45.1 Å². The molecule has 5 rings (SSSR count). The van der Waals surface area contributed by atoms with Crippen LogP contribution in [0.25, 0.3) is 22.6 Å². The second-order valence-electron chi connectivity index (χ2n) is 12.7. The van der Waals surface area contributed by atoms with Crippen LogP contribution in [0.2, 0.25) is 0 Å². The average molecular weight is 660 g/mol. The number of aromatic hydroxyl groups is 1. The van der Waals surface area contributed by atoms with Gasteiger partial charge in [0, 0.05) is 30.6 Å². The first-order chi connectivity index (χ1) is 21.4. The molecule has 0 bridgehead atoms. The first-order valence-corrected chi connectivity index (χ1v) is 15.4. The Bertz CT molecular complexity index is 1770. The fraction of sp³-hybridized carbons (Fsp3) is 0.406. The zero-order chi connectivity index (χ0) is 33.6. The molecule has 14 heteroatoms. The van der Waals surface area contributed by atoms with Crippen molar-refractivity contribution in [1.82, 2.24) is 20.1 Å². The van der Waals surface area contributed by atoms with Crippen molar-refractivity contribution in [3.63, 3.8) is 0 Å². The van der Waals surface area contributed by atoms with Crippen molar-refractivity contribution in [1.29, 1.82) is 0 Å². The topological polar surface area (TPSA) is 135 Å². The quantitative estimate of drug-likeness (QED) is 0.186. The van der Waals surface area contributed by atoms with Crippen molar-refractivity contribution in [2.45, 2.75) is 58.0 Å². The van der Waals surface area contributed by atoms with E-state index in [4.69, 9.17) is 4.74 Å². The standard InChI is InChI=1S/C32H36F3N5O5S/c1-30(2,3)45-29(43)40-11-10-39(16-22(40)17-41)28-37-27(42)26(46-28)23(18-7-9-25-20(12-18)15-36-38-25)13-19-6-8-21(31(4,5)44)14-24(19)32(33,34)35/h6-9,12-15,22,41-42,44H,10-11,16-17H2,1-5H3,(H,36,38)/t22-/m1/s1. The van der Waals surface area contributed by atoms with Crippen molar-refractivity contribution in [3.05, 3.63) is 69.7 Å². The van der Waals surface area contributed by atoms with Crippen LogP contribution in [0.1, 0.15) is 61.7 Å². The van der Waals surface area contributed by atoms with Gasteiger partial charge in [-0.3, -0.25) is 10.00 Å². The molecule has 1 atom stereocenters. The molecule has 2 aromatic heterocycles. The molecule has 246 valence electrons. The van der Waals surface area contributed by atoms with Gasteiger partial charge in [-0.05, 0) is 75.6 Å². The van der Waals surface area contributed by atoms with Crippen LogP contribution in [0.15, 0.2) is 42.6 Å². The number of nitrogens with one attached hydrogen (secondary N) is 1. The predicted molar refractivity (Wildman–Crippen MR) is 170 cm³/mol. The van der Waals surface area contributed by atoms with Crippen LogP contribution < -0.4 is 4.90 Å². The summed E-state index contributed by atoms with van der Waals surface area (Å²) in [7, 11) is 0. The van der Waals surface area contributed by atoms with E-state index >= 15 is 0 Å². The van der Waals surface area contributed by atoms with E-state index in [-0.39, 0.29) is 47.2 Å². The van der Waals surface area contributed by atoms with E-state index < -0.39 is 35.1 Å². The number of rotatable bonds is 6. The summed E-state index contributed by atoms with van der Waals surface area (Å²) in [5, 5.41) is 39.6. The lowest BCUT2D eigenvalue weighted by Crippen LogP contribution is -2.57. The first-order valence-electron chi connectivity index (χ1n) is 14.6. The van der Waals surface area contributed by atoms with Crippen LogP contribution in [0.4, 0.5) is 23.1 Å². The van der Waals surface area contributed by atoms with Gasteiger partial charge in [0.1, 0.15) is 10.5 Å². The number of fused-ring (bicyclic) bond motifs is 1. The van der Waals surface area contributed by atoms with Gasteiger partial charge in [-0.25, -0.2) is 4.79 Å². The third-order valence-corrected chi connectivity index (χ3v) is 8.69. The van der Waals surface area contributed by atoms with Crippen LogP contribution in [0.3, 0.4) is 0 Å². The maximum absolute atomic E-state index is 14.4. The molecule has 1 aliphatic rings. The van der Waals surface area contributed by atoms with Gasteiger partial charge in [0.05, 0.1) is 35.5 Å². The normalized spacial score (nSPS) is 16.7. The highest BCUT2D eigenvalue weighted by Crippen LogP contribution is 2.43. The summed E-state index contributed by atoms with van der Waals surface area (Å²) in [4.78, 5) is 20.6. The Hall–Kier alpha value is -4.14. The van der Waals surface area contributed by atoms with Gasteiger partial charge in [-0.1, -0.05) is 29.5 Å². The molecule has 10 nitrogen and oxygen atoms in total. The van der Waals surface area contributed by atoms with Crippen molar-refractivity contribution in [2.75, 3.05) is 31.1 Å². The van der Waals surface area contributed by atoms with Gasteiger partial charge in [-0.2, -0.15) is 23.3 Å². The molecule has 2 aromatic carbocycles. The van der Waals surface area contributed by atoms with Crippen LogP contribution in [-0.2, 0) is 16.5 Å². The number of hydrogen-bond donors (Lipinski definition) is 4. The van der Waals surface area contributed by atoms with E-state index in [2.05, 4.69) is 15.2 Å². The minimum absolute atomic E-state index is 0.102. The third-order valence-electron chi connectivity index (χ3n) is 7.55. The number of nitrogens with zero attached hydrogens (tertiary/aromatic N) is 4. The number of thiazole rings is 1. The number of carbonyl (C=O) groups is 1. The number of aliphatic hydroxyl groups is 2. The van der Waals surface area contributed by atoms with Gasteiger partial charge in [0.2, 0.25) is 5.88 Å². The van der Waals surface area contributed by atoms with Crippen molar-refractivity contribution in [3.8, 4) is 5.88 Å². The van der Waals surface area contributed by atoms with Gasteiger partial charge in [0.25, 0.3) is 0 Å². The lowest BCUT2D eigenvalue weighted by Gasteiger charge is -2.40. The molecular formula is C32H36F3N5O5S. The molecule has 0 spiro atoms. The third kappa shape index (κ3) is 7.13. The fourth-order valence-electron chi connectivity index (χ4n) is 5.21. The number of carbonyl (C=O) groups excluding carboxylic acids is 1. The van der Waals surface area contributed by atoms with E-state index in [1.807, 2.05) is 4.90 Å². The summed E-state index contributed by atoms with van der Waals surface area (Å²) < 4.78 is 48.6. The molecule has 0 aliphatic carbocycles. The Labute approximate surface area is 267 Å². The van der Waals surface area contributed by atoms with E-state index in [9.17, 15) is 33.3 Å². The van der Waals surface area contributed by atoms with Crippen LogP contribution in [0.5, 0.6) is 5.88 Å². The average Bonchev–Trinajstić information content (AvgIpc) is 3.59. The summed E-state index contributed by atoms with van der Waals surface area (Å²) in [6.07, 6.45) is -2.34. The number of alkyl halides is 3. The number of aromatic amines is 1.